The second-order valence-corrected chi connectivity index (χ2v) is 10.7. The molecule has 194 valence electrons. The molecule has 0 radical (unpaired) electrons. The number of H-pyrrole nitrogens is 1. The number of hydrogen-bond acceptors (Lipinski definition) is 9. The second kappa shape index (κ2) is 9.59. The van der Waals surface area contributed by atoms with Crippen LogP contribution in [0.15, 0.2) is 24.5 Å². The Morgan fingerprint density at radius 3 is 2.78 bits per heavy atom. The van der Waals surface area contributed by atoms with E-state index in [1.807, 2.05) is 17.2 Å². The number of carbonyl (C=O) groups excluding carboxylic acids is 1. The van der Waals surface area contributed by atoms with Gasteiger partial charge in [0.2, 0.25) is 11.8 Å². The molecule has 11 heteroatoms. The van der Waals surface area contributed by atoms with E-state index < -0.39 is 23.0 Å². The van der Waals surface area contributed by atoms with Crippen LogP contribution in [0, 0.1) is 16.7 Å². The summed E-state index contributed by atoms with van der Waals surface area (Å²) in [6, 6.07) is 5.82. The van der Waals surface area contributed by atoms with E-state index in [9.17, 15) is 15.2 Å². The summed E-state index contributed by atoms with van der Waals surface area (Å²) in [6.07, 6.45) is 7.14. The first-order chi connectivity index (χ1) is 17.7. The van der Waals surface area contributed by atoms with Crippen molar-refractivity contribution >= 4 is 22.9 Å². The molecule has 1 unspecified atom stereocenters. The molecular weight excluding hydrogens is 472 g/mol. The molecule has 11 nitrogen and oxygen atoms in total. The summed E-state index contributed by atoms with van der Waals surface area (Å²) in [4.78, 5) is 35.9. The van der Waals surface area contributed by atoms with Crippen LogP contribution >= 0.6 is 0 Å². The van der Waals surface area contributed by atoms with Gasteiger partial charge in [-0.3, -0.25) is 4.79 Å². The molecule has 2 aliphatic rings. The first kappa shape index (κ1) is 24.9. The number of aromatic nitrogens is 5. The van der Waals surface area contributed by atoms with E-state index in [-0.39, 0.29) is 18.4 Å². The van der Waals surface area contributed by atoms with Crippen molar-refractivity contribution in [3.05, 3.63) is 35.9 Å². The third kappa shape index (κ3) is 5.34. The number of nitrogens with zero attached hydrogens (tertiary/aromatic N) is 6. The minimum Gasteiger partial charge on any atom is -0.462 e. The molecule has 3 aromatic heterocycles. The fourth-order valence-corrected chi connectivity index (χ4v) is 4.44. The van der Waals surface area contributed by atoms with Crippen molar-refractivity contribution in [3.8, 4) is 12.1 Å². The quantitative estimate of drug-likeness (QED) is 0.420. The monoisotopic (exact) mass is 504 g/mol. The summed E-state index contributed by atoms with van der Waals surface area (Å²) in [5, 5.41) is 23.5. The van der Waals surface area contributed by atoms with Gasteiger partial charge < -0.3 is 25.0 Å². The number of ether oxygens (including phenoxy) is 1. The van der Waals surface area contributed by atoms with Gasteiger partial charge in [0.1, 0.15) is 12.3 Å². The Hall–Kier alpha value is -3.78. The van der Waals surface area contributed by atoms with Gasteiger partial charge in [-0.25, -0.2) is 4.98 Å². The third-order valence-corrected chi connectivity index (χ3v) is 7.48. The first-order valence-corrected chi connectivity index (χ1v) is 12.7. The van der Waals surface area contributed by atoms with E-state index in [2.05, 4.69) is 42.4 Å². The predicted octanol–water partition coefficient (Wildman–Crippen LogP) is 2.70. The molecule has 2 fully saturated rings. The largest absolute Gasteiger partial charge is 0.462 e. The number of aliphatic hydroxyl groups is 1. The van der Waals surface area contributed by atoms with E-state index >= 15 is 0 Å². The Morgan fingerprint density at radius 2 is 2.11 bits per heavy atom. The number of aromatic amines is 1. The lowest BCUT2D eigenvalue weighted by Gasteiger charge is -2.32. The number of anilines is 1. The van der Waals surface area contributed by atoms with Gasteiger partial charge in [-0.2, -0.15) is 20.2 Å². The average Bonchev–Trinajstić information content (AvgIpc) is 3.56. The number of amides is 1. The minimum absolute atomic E-state index is 0.0254. The van der Waals surface area contributed by atoms with Crippen molar-refractivity contribution in [2.75, 3.05) is 24.6 Å². The lowest BCUT2D eigenvalue weighted by molar-refractivity contribution is 0.0405. The zero-order chi connectivity index (χ0) is 26.2. The molecule has 3 aromatic rings. The third-order valence-electron chi connectivity index (χ3n) is 7.48. The summed E-state index contributed by atoms with van der Waals surface area (Å²) >= 11 is 0. The molecule has 1 saturated carbocycles. The van der Waals surface area contributed by atoms with Gasteiger partial charge in [0.15, 0.2) is 0 Å². The van der Waals surface area contributed by atoms with Gasteiger partial charge in [-0.1, -0.05) is 0 Å². The standard InChI is InChI=1S/C26H32N8O3/c1-16(25(2,3)36)30-22(35)21-31-23(33-24(32-21)37-15-26(14-27)8-9-26)34-11-6-17(7-12-34)19-13-29-20-18(19)5-4-10-28-20/h4-5,10,13,16-17,36H,6-9,11-12,15H2,1-3H3,(H,28,29)(H,30,35). The van der Waals surface area contributed by atoms with Crippen LogP contribution < -0.4 is 15.0 Å². The first-order valence-electron chi connectivity index (χ1n) is 12.7. The highest BCUT2D eigenvalue weighted by Crippen LogP contribution is 2.45. The van der Waals surface area contributed by atoms with Gasteiger partial charge in [0.05, 0.1) is 23.1 Å². The molecule has 3 N–H and O–H groups in total. The van der Waals surface area contributed by atoms with Crippen LogP contribution in [0.25, 0.3) is 11.0 Å². The van der Waals surface area contributed by atoms with Crippen molar-refractivity contribution in [3.63, 3.8) is 0 Å². The Morgan fingerprint density at radius 1 is 1.35 bits per heavy atom. The topological polar surface area (TPSA) is 153 Å². The minimum atomic E-state index is -1.12. The fraction of sp³-hybridized carbons (Fsp3) is 0.538. The van der Waals surface area contributed by atoms with Crippen molar-refractivity contribution in [2.24, 2.45) is 5.41 Å². The van der Waals surface area contributed by atoms with Crippen molar-refractivity contribution in [1.29, 1.82) is 5.26 Å². The number of carbonyl (C=O) groups is 1. The normalized spacial score (nSPS) is 18.3. The molecule has 1 saturated heterocycles. The number of piperidine rings is 1. The predicted molar refractivity (Wildman–Crippen MR) is 136 cm³/mol. The zero-order valence-corrected chi connectivity index (χ0v) is 21.4. The molecule has 1 amide bonds. The smallest absolute Gasteiger partial charge is 0.322 e. The molecule has 5 rings (SSSR count). The van der Waals surface area contributed by atoms with Gasteiger partial charge in [-0.05, 0) is 70.1 Å². The van der Waals surface area contributed by atoms with Crippen LogP contribution in [0.5, 0.6) is 6.01 Å². The summed E-state index contributed by atoms with van der Waals surface area (Å²) in [7, 11) is 0. The molecule has 1 atom stereocenters. The van der Waals surface area contributed by atoms with Crippen LogP contribution in [0.4, 0.5) is 5.95 Å². The number of hydrogen-bond donors (Lipinski definition) is 3. The number of nitriles is 1. The van der Waals surface area contributed by atoms with Crippen LogP contribution in [0.3, 0.4) is 0 Å². The van der Waals surface area contributed by atoms with E-state index in [1.54, 1.807) is 27.0 Å². The van der Waals surface area contributed by atoms with Gasteiger partial charge in [0, 0.05) is 30.9 Å². The number of pyridine rings is 1. The summed E-state index contributed by atoms with van der Waals surface area (Å²) in [6.45, 7) is 6.53. The van der Waals surface area contributed by atoms with E-state index in [0.29, 0.717) is 25.0 Å². The average molecular weight is 505 g/mol. The van der Waals surface area contributed by atoms with Crippen LogP contribution in [0.1, 0.15) is 68.6 Å². The van der Waals surface area contributed by atoms with E-state index in [1.165, 1.54) is 5.56 Å². The maximum absolute atomic E-state index is 13.0. The Kier molecular flexibility index (Phi) is 6.45. The molecule has 1 aliphatic heterocycles. The Bertz CT molecular complexity index is 1330. The maximum atomic E-state index is 13.0. The SMILES string of the molecule is CC(NC(=O)c1nc(OCC2(C#N)CC2)nc(N2CCC(c3c[nH]c4ncccc34)CC2)n1)C(C)(C)O. The van der Waals surface area contributed by atoms with Crippen molar-refractivity contribution in [1.82, 2.24) is 30.2 Å². The van der Waals surface area contributed by atoms with Crippen LogP contribution in [-0.4, -0.2) is 67.3 Å². The molecule has 37 heavy (non-hydrogen) atoms. The highest BCUT2D eigenvalue weighted by molar-refractivity contribution is 5.91. The number of rotatable bonds is 8. The van der Waals surface area contributed by atoms with Crippen molar-refractivity contribution in [2.45, 2.75) is 64.0 Å². The molecule has 0 aromatic carbocycles. The Balaban J connectivity index is 1.34. The van der Waals surface area contributed by atoms with Crippen LogP contribution in [-0.2, 0) is 0 Å². The zero-order valence-electron chi connectivity index (χ0n) is 21.4. The number of nitrogens with one attached hydrogen (secondary N) is 2. The molecule has 1 aliphatic carbocycles. The summed E-state index contributed by atoms with van der Waals surface area (Å²) in [5.74, 6) is 0.132. The second-order valence-electron chi connectivity index (χ2n) is 10.7. The maximum Gasteiger partial charge on any atom is 0.322 e. The Labute approximate surface area is 215 Å². The highest BCUT2D eigenvalue weighted by atomic mass is 16.5. The van der Waals surface area contributed by atoms with E-state index in [4.69, 9.17) is 4.74 Å². The molecule has 0 spiro atoms. The van der Waals surface area contributed by atoms with Gasteiger partial charge in [0.25, 0.3) is 5.91 Å². The lowest BCUT2D eigenvalue weighted by Crippen LogP contribution is -2.47. The number of fused-ring (bicyclic) bond motifs is 1. The van der Waals surface area contributed by atoms with E-state index in [0.717, 1.165) is 36.7 Å². The molecular formula is C26H32N8O3. The summed E-state index contributed by atoms with van der Waals surface area (Å²) < 4.78 is 5.80. The van der Waals surface area contributed by atoms with Gasteiger partial charge >= 0.3 is 6.01 Å². The summed E-state index contributed by atoms with van der Waals surface area (Å²) in [5.41, 5.74) is 0.530. The van der Waals surface area contributed by atoms with Crippen molar-refractivity contribution < 1.29 is 14.6 Å². The fourth-order valence-electron chi connectivity index (χ4n) is 4.44. The lowest BCUT2D eigenvalue weighted by atomic mass is 9.89. The van der Waals surface area contributed by atoms with Gasteiger partial charge in [-0.15, -0.1) is 0 Å². The van der Waals surface area contributed by atoms with Crippen LogP contribution in [0.2, 0.25) is 0 Å². The molecule has 0 bridgehead atoms. The molecule has 4 heterocycles. The highest BCUT2D eigenvalue weighted by Gasteiger charge is 2.44.